The summed E-state index contributed by atoms with van der Waals surface area (Å²) in [5.74, 6) is -3.35. The first-order chi connectivity index (χ1) is 5.54. The van der Waals surface area contributed by atoms with E-state index in [0.29, 0.717) is 6.20 Å². The molecule has 2 nitrogen and oxygen atoms in total. The maximum absolute atomic E-state index is 12.3. The number of halogens is 4. The van der Waals surface area contributed by atoms with E-state index < -0.39 is 29.2 Å². The summed E-state index contributed by atoms with van der Waals surface area (Å²) in [7, 11) is 0. The Morgan fingerprint density at radius 1 is 1.33 bits per heavy atom. The van der Waals surface area contributed by atoms with Crippen LogP contribution in [0.4, 0.5) is 17.6 Å². The fraction of sp³-hybridized carbons (Fsp3) is 0.167. The van der Waals surface area contributed by atoms with E-state index in [1.165, 1.54) is 0 Å². The van der Waals surface area contributed by atoms with Crippen LogP contribution >= 0.6 is 0 Å². The van der Waals surface area contributed by atoms with E-state index in [4.69, 9.17) is 0 Å². The number of aromatic amines is 1. The lowest BCUT2D eigenvalue weighted by Gasteiger charge is -1.97. The van der Waals surface area contributed by atoms with Crippen molar-refractivity contribution >= 4 is 0 Å². The van der Waals surface area contributed by atoms with Gasteiger partial charge >= 0.3 is 0 Å². The first kappa shape index (κ1) is 8.76. The van der Waals surface area contributed by atoms with Crippen molar-refractivity contribution in [3.05, 3.63) is 33.7 Å². The molecule has 1 aromatic heterocycles. The molecule has 0 fully saturated rings. The van der Waals surface area contributed by atoms with E-state index in [1.54, 1.807) is 4.98 Å². The maximum atomic E-state index is 12.3. The van der Waals surface area contributed by atoms with Crippen LogP contribution in [0.2, 0.25) is 0 Å². The van der Waals surface area contributed by atoms with E-state index in [0.717, 1.165) is 0 Å². The fourth-order valence-electron chi connectivity index (χ4n) is 0.659. The summed E-state index contributed by atoms with van der Waals surface area (Å²) in [5, 5.41) is 0. The zero-order chi connectivity index (χ0) is 9.30. The summed E-state index contributed by atoms with van der Waals surface area (Å²) < 4.78 is 48.1. The summed E-state index contributed by atoms with van der Waals surface area (Å²) in [5.41, 5.74) is -2.69. The third-order valence-corrected chi connectivity index (χ3v) is 1.24. The van der Waals surface area contributed by atoms with Gasteiger partial charge in [0.1, 0.15) is 0 Å². The minimum absolute atomic E-state index is 0.450. The molecule has 0 amide bonds. The zero-order valence-corrected chi connectivity index (χ0v) is 5.57. The van der Waals surface area contributed by atoms with Crippen LogP contribution in [0.3, 0.4) is 0 Å². The number of nitrogens with one attached hydrogen (secondary N) is 1. The molecule has 0 saturated carbocycles. The number of pyridine rings is 1. The molecule has 0 bridgehead atoms. The topological polar surface area (TPSA) is 32.9 Å². The summed E-state index contributed by atoms with van der Waals surface area (Å²) in [6.45, 7) is 0. The lowest BCUT2D eigenvalue weighted by Crippen LogP contribution is -2.16. The average Bonchev–Trinajstić information content (AvgIpc) is 2.00. The van der Waals surface area contributed by atoms with Crippen molar-refractivity contribution in [1.29, 1.82) is 0 Å². The Hall–Kier alpha value is -1.33. The SMILES string of the molecule is O=c1c(C(F)F)c[nH]c(F)c1F. The Morgan fingerprint density at radius 3 is 2.42 bits per heavy atom. The highest BCUT2D eigenvalue weighted by Crippen LogP contribution is 2.14. The molecule has 0 atom stereocenters. The van der Waals surface area contributed by atoms with E-state index in [2.05, 4.69) is 0 Å². The van der Waals surface area contributed by atoms with Gasteiger partial charge in [-0.15, -0.1) is 0 Å². The molecule has 0 aromatic carbocycles. The second kappa shape index (κ2) is 2.96. The van der Waals surface area contributed by atoms with Gasteiger partial charge in [-0.2, -0.15) is 8.78 Å². The summed E-state index contributed by atoms with van der Waals surface area (Å²) in [4.78, 5) is 12.1. The van der Waals surface area contributed by atoms with E-state index in [1.807, 2.05) is 0 Å². The minimum Gasteiger partial charge on any atom is -0.335 e. The Bertz CT molecular complexity index is 346. The van der Waals surface area contributed by atoms with Gasteiger partial charge in [-0.1, -0.05) is 0 Å². The average molecular weight is 181 g/mol. The number of hydrogen-bond donors (Lipinski definition) is 1. The van der Waals surface area contributed by atoms with Crippen molar-refractivity contribution < 1.29 is 17.6 Å². The maximum Gasteiger partial charge on any atom is 0.269 e. The molecule has 0 aliphatic rings. The first-order valence-corrected chi connectivity index (χ1v) is 2.88. The highest BCUT2D eigenvalue weighted by Gasteiger charge is 2.17. The molecule has 0 spiro atoms. The van der Waals surface area contributed by atoms with Crippen LogP contribution in [-0.4, -0.2) is 4.98 Å². The number of rotatable bonds is 1. The molecule has 0 aliphatic heterocycles. The molecule has 12 heavy (non-hydrogen) atoms. The van der Waals surface area contributed by atoms with Crippen molar-refractivity contribution in [2.75, 3.05) is 0 Å². The Balaban J connectivity index is 3.37. The summed E-state index contributed by atoms with van der Waals surface area (Å²) in [6, 6.07) is 0. The predicted molar refractivity (Wildman–Crippen MR) is 31.9 cm³/mol. The van der Waals surface area contributed by atoms with Gasteiger partial charge in [0.2, 0.25) is 17.2 Å². The molecule has 0 aliphatic carbocycles. The number of hydrogen-bond acceptors (Lipinski definition) is 1. The molecular weight excluding hydrogens is 178 g/mol. The molecular formula is C6H3F4NO. The Kier molecular flexibility index (Phi) is 2.16. The molecule has 1 heterocycles. The second-order valence-electron chi connectivity index (χ2n) is 2.00. The minimum atomic E-state index is -3.11. The van der Waals surface area contributed by atoms with Crippen LogP contribution in [-0.2, 0) is 0 Å². The van der Waals surface area contributed by atoms with E-state index in [9.17, 15) is 22.4 Å². The molecule has 0 saturated heterocycles. The van der Waals surface area contributed by atoms with Gasteiger partial charge in [-0.25, -0.2) is 8.78 Å². The smallest absolute Gasteiger partial charge is 0.269 e. The summed E-state index contributed by atoms with van der Waals surface area (Å²) in [6.07, 6.45) is -2.66. The third-order valence-electron chi connectivity index (χ3n) is 1.24. The number of aromatic nitrogens is 1. The van der Waals surface area contributed by atoms with Crippen molar-refractivity contribution in [2.45, 2.75) is 6.43 Å². The van der Waals surface area contributed by atoms with Gasteiger partial charge in [0.05, 0.1) is 5.56 Å². The Labute approximate surface area is 63.8 Å². The normalized spacial score (nSPS) is 10.8. The van der Waals surface area contributed by atoms with Crippen LogP contribution < -0.4 is 5.43 Å². The molecule has 66 valence electrons. The van der Waals surface area contributed by atoms with Gasteiger partial charge in [0, 0.05) is 6.20 Å². The van der Waals surface area contributed by atoms with Gasteiger partial charge in [0.15, 0.2) is 0 Å². The van der Waals surface area contributed by atoms with Crippen molar-refractivity contribution in [2.24, 2.45) is 0 Å². The summed E-state index contributed by atoms with van der Waals surface area (Å²) >= 11 is 0. The van der Waals surface area contributed by atoms with Crippen LogP contribution in [0.25, 0.3) is 0 Å². The molecule has 1 rings (SSSR count). The number of alkyl halides is 2. The van der Waals surface area contributed by atoms with Crippen LogP contribution in [0.15, 0.2) is 11.0 Å². The quantitative estimate of drug-likeness (QED) is 0.517. The van der Waals surface area contributed by atoms with Crippen LogP contribution in [0, 0.1) is 11.8 Å². The van der Waals surface area contributed by atoms with Gasteiger partial charge in [0.25, 0.3) is 6.43 Å². The molecule has 1 aromatic rings. The van der Waals surface area contributed by atoms with Crippen molar-refractivity contribution in [3.63, 3.8) is 0 Å². The van der Waals surface area contributed by atoms with Crippen LogP contribution in [0.5, 0.6) is 0 Å². The van der Waals surface area contributed by atoms with Crippen LogP contribution in [0.1, 0.15) is 12.0 Å². The molecule has 0 unspecified atom stereocenters. The number of H-pyrrole nitrogens is 1. The van der Waals surface area contributed by atoms with Crippen molar-refractivity contribution in [3.8, 4) is 0 Å². The highest BCUT2D eigenvalue weighted by atomic mass is 19.3. The Morgan fingerprint density at radius 2 is 1.92 bits per heavy atom. The van der Waals surface area contributed by atoms with Gasteiger partial charge in [-0.05, 0) is 0 Å². The first-order valence-electron chi connectivity index (χ1n) is 2.88. The van der Waals surface area contributed by atoms with Crippen molar-refractivity contribution in [1.82, 2.24) is 4.98 Å². The van der Waals surface area contributed by atoms with Gasteiger partial charge in [-0.3, -0.25) is 4.79 Å². The molecule has 1 N–H and O–H groups in total. The molecule has 0 radical (unpaired) electrons. The third kappa shape index (κ3) is 1.32. The van der Waals surface area contributed by atoms with E-state index in [-0.39, 0.29) is 0 Å². The van der Waals surface area contributed by atoms with Gasteiger partial charge < -0.3 is 4.98 Å². The highest BCUT2D eigenvalue weighted by molar-refractivity contribution is 5.12. The van der Waals surface area contributed by atoms with E-state index >= 15 is 0 Å². The zero-order valence-electron chi connectivity index (χ0n) is 5.57. The second-order valence-corrected chi connectivity index (χ2v) is 2.00. The fourth-order valence-corrected chi connectivity index (χ4v) is 0.659. The lowest BCUT2D eigenvalue weighted by atomic mass is 10.3. The monoisotopic (exact) mass is 181 g/mol. The standard InChI is InChI=1S/C6H3F4NO/c7-3-4(12)2(5(8)9)1-11-6(3)10/h1,5H,(H,11,12). The largest absolute Gasteiger partial charge is 0.335 e. The predicted octanol–water partition coefficient (Wildman–Crippen LogP) is 1.59. The molecule has 6 heteroatoms. The lowest BCUT2D eigenvalue weighted by molar-refractivity contribution is 0.148.